The summed E-state index contributed by atoms with van der Waals surface area (Å²) >= 11 is 0. The molecule has 24 heavy (non-hydrogen) atoms. The molecule has 7 nitrogen and oxygen atoms in total. The minimum Gasteiger partial charge on any atom is -0.380 e. The zero-order chi connectivity index (χ0) is 17.6. The minimum absolute atomic E-state index is 0.156. The van der Waals surface area contributed by atoms with Crippen LogP contribution >= 0.6 is 0 Å². The van der Waals surface area contributed by atoms with E-state index in [0.717, 1.165) is 12.8 Å². The number of aryl methyl sites for hydroxylation is 2. The standard InChI is InChI=1S/C16H27N3O4S/c1-10-16(11(2)23-17-10)24(20,21)19-8-12-6-14(18(3)4)15(22-5)7-13(12)9-19/h12-15H,6-9H2,1-5H3/t12-,13+,14-,15-/m1/s1. The molecular formula is C16H27N3O4S. The number of fused-ring (bicyclic) bond motifs is 1. The van der Waals surface area contributed by atoms with Crippen LogP contribution in [0.25, 0.3) is 0 Å². The summed E-state index contributed by atoms with van der Waals surface area (Å²) in [5, 5.41) is 3.80. The van der Waals surface area contributed by atoms with Crippen LogP contribution in [0, 0.1) is 25.7 Å². The molecule has 1 aliphatic heterocycles. The molecule has 136 valence electrons. The van der Waals surface area contributed by atoms with E-state index in [-0.39, 0.29) is 11.0 Å². The summed E-state index contributed by atoms with van der Waals surface area (Å²) in [5.74, 6) is 1.09. The Morgan fingerprint density at radius 2 is 1.83 bits per heavy atom. The van der Waals surface area contributed by atoms with Crippen molar-refractivity contribution in [2.75, 3.05) is 34.3 Å². The van der Waals surface area contributed by atoms with Crippen molar-refractivity contribution in [1.82, 2.24) is 14.4 Å². The summed E-state index contributed by atoms with van der Waals surface area (Å²) < 4.78 is 38.4. The molecule has 0 bridgehead atoms. The van der Waals surface area contributed by atoms with Crippen molar-refractivity contribution >= 4 is 10.0 Å². The third kappa shape index (κ3) is 2.89. The Morgan fingerprint density at radius 3 is 2.33 bits per heavy atom. The van der Waals surface area contributed by atoms with Crippen molar-refractivity contribution in [1.29, 1.82) is 0 Å². The zero-order valence-electron chi connectivity index (χ0n) is 15.0. The van der Waals surface area contributed by atoms with Gasteiger partial charge in [0.1, 0.15) is 10.6 Å². The predicted molar refractivity (Wildman–Crippen MR) is 89.2 cm³/mol. The van der Waals surface area contributed by atoms with Crippen LogP contribution in [0.15, 0.2) is 9.42 Å². The van der Waals surface area contributed by atoms with Gasteiger partial charge in [-0.15, -0.1) is 0 Å². The van der Waals surface area contributed by atoms with Crippen molar-refractivity contribution in [3.05, 3.63) is 11.5 Å². The van der Waals surface area contributed by atoms with Crippen LogP contribution in [-0.2, 0) is 14.8 Å². The summed E-state index contributed by atoms with van der Waals surface area (Å²) in [5.41, 5.74) is 0.434. The van der Waals surface area contributed by atoms with E-state index >= 15 is 0 Å². The molecule has 4 atom stereocenters. The molecule has 0 aromatic carbocycles. The molecule has 0 unspecified atom stereocenters. The van der Waals surface area contributed by atoms with Crippen molar-refractivity contribution in [2.45, 2.75) is 43.7 Å². The van der Waals surface area contributed by atoms with Gasteiger partial charge in [0.25, 0.3) is 0 Å². The number of sulfonamides is 1. The Labute approximate surface area is 144 Å². The Hall–Kier alpha value is -0.960. The predicted octanol–water partition coefficient (Wildman–Crippen LogP) is 1.27. The summed E-state index contributed by atoms with van der Waals surface area (Å²) in [4.78, 5) is 2.42. The van der Waals surface area contributed by atoms with Gasteiger partial charge >= 0.3 is 0 Å². The Morgan fingerprint density at radius 1 is 1.21 bits per heavy atom. The minimum atomic E-state index is -3.55. The van der Waals surface area contributed by atoms with Crippen molar-refractivity contribution in [3.63, 3.8) is 0 Å². The molecule has 0 N–H and O–H groups in total. The first-order chi connectivity index (χ1) is 11.3. The van der Waals surface area contributed by atoms with Crippen LogP contribution in [0.1, 0.15) is 24.3 Å². The Kier molecular flexibility index (Phi) is 4.76. The molecule has 3 rings (SSSR count). The topological polar surface area (TPSA) is 75.9 Å². The number of hydrogen-bond donors (Lipinski definition) is 0. The molecule has 1 aliphatic carbocycles. The van der Waals surface area contributed by atoms with Gasteiger partial charge in [0.05, 0.1) is 6.10 Å². The fourth-order valence-corrected chi connectivity index (χ4v) is 6.16. The second kappa shape index (κ2) is 6.40. The lowest BCUT2D eigenvalue weighted by Gasteiger charge is -2.40. The molecule has 0 radical (unpaired) electrons. The maximum Gasteiger partial charge on any atom is 0.248 e. The summed E-state index contributed by atoms with van der Waals surface area (Å²) in [6.45, 7) is 4.45. The SMILES string of the molecule is CO[C@@H]1C[C@H]2CN(S(=O)(=O)c3c(C)noc3C)C[C@H]2C[C@H]1N(C)C. The van der Waals surface area contributed by atoms with Gasteiger partial charge in [-0.1, -0.05) is 5.16 Å². The van der Waals surface area contributed by atoms with Crippen LogP contribution in [0.5, 0.6) is 0 Å². The third-order valence-corrected chi connectivity index (χ3v) is 7.66. The highest BCUT2D eigenvalue weighted by Gasteiger charge is 2.47. The molecule has 1 aromatic rings. The molecule has 0 spiro atoms. The normalized spacial score (nSPS) is 31.6. The van der Waals surface area contributed by atoms with Gasteiger partial charge in [-0.3, -0.25) is 0 Å². The first kappa shape index (κ1) is 17.8. The van der Waals surface area contributed by atoms with Gasteiger partial charge in [0.15, 0.2) is 5.76 Å². The first-order valence-electron chi connectivity index (χ1n) is 8.38. The maximum absolute atomic E-state index is 13.0. The number of methoxy groups -OCH3 is 1. The summed E-state index contributed by atoms with van der Waals surface area (Å²) in [6, 6.07) is 0.331. The van der Waals surface area contributed by atoms with E-state index in [1.54, 1.807) is 25.3 Å². The molecular weight excluding hydrogens is 330 g/mol. The molecule has 1 saturated heterocycles. The second-order valence-electron chi connectivity index (χ2n) is 7.27. The van der Waals surface area contributed by atoms with E-state index in [0.29, 0.717) is 42.4 Å². The number of aromatic nitrogens is 1. The van der Waals surface area contributed by atoms with E-state index in [1.807, 2.05) is 0 Å². The van der Waals surface area contributed by atoms with Gasteiger partial charge in [0.2, 0.25) is 10.0 Å². The number of hydrogen-bond acceptors (Lipinski definition) is 6. The quantitative estimate of drug-likeness (QED) is 0.808. The Balaban J connectivity index is 1.83. The third-order valence-electron chi connectivity index (χ3n) is 5.58. The summed E-state index contributed by atoms with van der Waals surface area (Å²) in [7, 11) is 2.31. The molecule has 1 aromatic heterocycles. The highest BCUT2D eigenvalue weighted by molar-refractivity contribution is 7.89. The van der Waals surface area contributed by atoms with E-state index < -0.39 is 10.0 Å². The van der Waals surface area contributed by atoms with Crippen LogP contribution in [0.4, 0.5) is 0 Å². The van der Waals surface area contributed by atoms with Gasteiger partial charge in [0, 0.05) is 26.2 Å². The van der Waals surface area contributed by atoms with Gasteiger partial charge in [-0.2, -0.15) is 4.31 Å². The van der Waals surface area contributed by atoms with Crippen LogP contribution < -0.4 is 0 Å². The lowest BCUT2D eigenvalue weighted by Crippen LogP contribution is -2.47. The molecule has 1 saturated carbocycles. The summed E-state index contributed by atoms with van der Waals surface area (Å²) in [6.07, 6.45) is 2.02. The van der Waals surface area contributed by atoms with Crippen molar-refractivity contribution in [3.8, 4) is 0 Å². The van der Waals surface area contributed by atoms with E-state index in [9.17, 15) is 8.42 Å². The van der Waals surface area contributed by atoms with Crippen LogP contribution in [0.2, 0.25) is 0 Å². The largest absolute Gasteiger partial charge is 0.380 e. The first-order valence-corrected chi connectivity index (χ1v) is 9.82. The van der Waals surface area contributed by atoms with Crippen LogP contribution in [-0.4, -0.2) is 69.2 Å². The zero-order valence-corrected chi connectivity index (χ0v) is 15.8. The van der Waals surface area contributed by atoms with Gasteiger partial charge in [-0.25, -0.2) is 8.42 Å². The highest BCUT2D eigenvalue weighted by Crippen LogP contribution is 2.41. The molecule has 0 amide bonds. The van der Waals surface area contributed by atoms with E-state index in [2.05, 4.69) is 24.2 Å². The average molecular weight is 357 g/mol. The number of ether oxygens (including phenoxy) is 1. The van der Waals surface area contributed by atoms with Gasteiger partial charge < -0.3 is 14.2 Å². The van der Waals surface area contributed by atoms with Crippen molar-refractivity contribution in [2.24, 2.45) is 11.8 Å². The van der Waals surface area contributed by atoms with E-state index in [1.165, 1.54) is 0 Å². The highest BCUT2D eigenvalue weighted by atomic mass is 32.2. The molecule has 2 fully saturated rings. The maximum atomic E-state index is 13.0. The fourth-order valence-electron chi connectivity index (χ4n) is 4.31. The lowest BCUT2D eigenvalue weighted by atomic mass is 9.77. The monoisotopic (exact) mass is 357 g/mol. The number of nitrogens with zero attached hydrogens (tertiary/aromatic N) is 3. The lowest BCUT2D eigenvalue weighted by molar-refractivity contribution is -0.0209. The second-order valence-corrected chi connectivity index (χ2v) is 9.15. The Bertz CT molecular complexity index is 681. The number of rotatable bonds is 4. The average Bonchev–Trinajstić information content (AvgIpc) is 3.09. The smallest absolute Gasteiger partial charge is 0.248 e. The number of likely N-dealkylation sites (N-methyl/N-ethyl adjacent to an activating group) is 1. The molecule has 8 heteroatoms. The molecule has 2 heterocycles. The molecule has 2 aliphatic rings. The van der Waals surface area contributed by atoms with Gasteiger partial charge in [-0.05, 0) is 52.6 Å². The van der Waals surface area contributed by atoms with Crippen LogP contribution in [0.3, 0.4) is 0 Å². The van der Waals surface area contributed by atoms with E-state index in [4.69, 9.17) is 9.26 Å². The fraction of sp³-hybridized carbons (Fsp3) is 0.812. The van der Waals surface area contributed by atoms with Crippen molar-refractivity contribution < 1.29 is 17.7 Å².